The van der Waals surface area contributed by atoms with Gasteiger partial charge in [-0.1, -0.05) is 30.0 Å². The van der Waals surface area contributed by atoms with Crippen molar-refractivity contribution in [1.29, 1.82) is 0 Å². The van der Waals surface area contributed by atoms with E-state index in [0.29, 0.717) is 11.5 Å². The molecule has 1 saturated carbocycles. The Bertz CT molecular complexity index is 1680. The minimum absolute atomic E-state index is 0.131. The normalized spacial score (nSPS) is 12.8. The predicted molar refractivity (Wildman–Crippen MR) is 141 cm³/mol. The van der Waals surface area contributed by atoms with Crippen molar-refractivity contribution >= 4 is 22.6 Å². The van der Waals surface area contributed by atoms with Crippen LogP contribution in [0.25, 0.3) is 16.7 Å². The van der Waals surface area contributed by atoms with Gasteiger partial charge in [0.05, 0.1) is 22.9 Å². The molecule has 5 aromatic rings. The summed E-state index contributed by atoms with van der Waals surface area (Å²) < 4.78 is 3.77. The van der Waals surface area contributed by atoms with E-state index >= 15 is 0 Å². The number of nitrogens with zero attached hydrogens (tertiary/aromatic N) is 4. The molecule has 1 amide bonds. The van der Waals surface area contributed by atoms with E-state index in [2.05, 4.69) is 39.4 Å². The van der Waals surface area contributed by atoms with Crippen LogP contribution in [0.2, 0.25) is 0 Å². The number of rotatable bonds is 4. The summed E-state index contributed by atoms with van der Waals surface area (Å²) in [4.78, 5) is 17.5. The number of imidazole rings is 1. The van der Waals surface area contributed by atoms with Gasteiger partial charge in [-0.15, -0.1) is 0 Å². The van der Waals surface area contributed by atoms with Crippen LogP contribution in [0.4, 0.5) is 5.69 Å². The summed E-state index contributed by atoms with van der Waals surface area (Å²) in [5.74, 6) is 7.01. The maximum absolute atomic E-state index is 12.9. The molecule has 0 aliphatic heterocycles. The molecule has 6 heteroatoms. The summed E-state index contributed by atoms with van der Waals surface area (Å²) in [7, 11) is 1.89. The van der Waals surface area contributed by atoms with Crippen molar-refractivity contribution in [3.63, 3.8) is 0 Å². The van der Waals surface area contributed by atoms with Crippen molar-refractivity contribution < 1.29 is 4.79 Å². The van der Waals surface area contributed by atoms with Crippen molar-refractivity contribution in [1.82, 2.24) is 19.3 Å². The van der Waals surface area contributed by atoms with Gasteiger partial charge in [0.1, 0.15) is 6.33 Å². The van der Waals surface area contributed by atoms with Gasteiger partial charge in [0.25, 0.3) is 5.91 Å². The molecular weight excluding hydrogens is 446 g/mol. The van der Waals surface area contributed by atoms with Crippen LogP contribution in [0.15, 0.2) is 79.4 Å². The van der Waals surface area contributed by atoms with E-state index in [0.717, 1.165) is 39.1 Å². The fourth-order valence-electron chi connectivity index (χ4n) is 4.36. The van der Waals surface area contributed by atoms with Gasteiger partial charge in [0.2, 0.25) is 0 Å². The number of anilines is 1. The molecule has 0 unspecified atom stereocenters. The highest BCUT2D eigenvalue weighted by Crippen LogP contribution is 2.40. The number of aryl methyl sites for hydroxylation is 2. The lowest BCUT2D eigenvalue weighted by Gasteiger charge is -2.08. The highest BCUT2D eigenvalue weighted by Gasteiger charge is 2.23. The molecule has 6 rings (SSSR count). The Morgan fingerprint density at radius 1 is 1.06 bits per heavy atom. The summed E-state index contributed by atoms with van der Waals surface area (Å²) in [5.41, 5.74) is 8.26. The molecule has 2 aromatic heterocycles. The van der Waals surface area contributed by atoms with E-state index in [4.69, 9.17) is 0 Å². The molecule has 0 saturated heterocycles. The van der Waals surface area contributed by atoms with Gasteiger partial charge < -0.3 is 5.32 Å². The zero-order chi connectivity index (χ0) is 24.6. The third kappa shape index (κ3) is 4.39. The number of nitrogens with one attached hydrogen (secondary N) is 1. The quantitative estimate of drug-likeness (QED) is 0.347. The van der Waals surface area contributed by atoms with Crippen LogP contribution in [-0.2, 0) is 7.05 Å². The molecule has 0 radical (unpaired) electrons. The third-order valence-electron chi connectivity index (χ3n) is 6.55. The Morgan fingerprint density at radius 3 is 2.75 bits per heavy atom. The van der Waals surface area contributed by atoms with Crippen molar-refractivity contribution in [2.24, 2.45) is 7.05 Å². The Labute approximate surface area is 209 Å². The summed E-state index contributed by atoms with van der Waals surface area (Å²) >= 11 is 0. The average molecular weight is 472 g/mol. The zero-order valence-electron chi connectivity index (χ0n) is 20.2. The van der Waals surface area contributed by atoms with Gasteiger partial charge in [-0.05, 0) is 79.3 Å². The number of carbonyl (C=O) groups excluding carboxylic acids is 1. The number of amides is 1. The van der Waals surface area contributed by atoms with E-state index in [-0.39, 0.29) is 5.91 Å². The summed E-state index contributed by atoms with van der Waals surface area (Å²) in [6, 6.07) is 19.8. The molecule has 0 spiro atoms. The lowest BCUT2D eigenvalue weighted by Crippen LogP contribution is -2.12. The molecule has 0 atom stereocenters. The predicted octanol–water partition coefficient (Wildman–Crippen LogP) is 5.60. The van der Waals surface area contributed by atoms with Crippen LogP contribution in [0.3, 0.4) is 0 Å². The second kappa shape index (κ2) is 8.86. The number of hydrogen-bond donors (Lipinski definition) is 1. The molecule has 3 aromatic carbocycles. The van der Waals surface area contributed by atoms with Crippen molar-refractivity contribution in [3.8, 4) is 17.5 Å². The smallest absolute Gasteiger partial charge is 0.255 e. The SMILES string of the molecule is Cc1ccc(C(=O)Nc2cccc(C3CC3)c2)cc1C#Cc1ccc2c(c1)ncn2-c1cnn(C)c1. The van der Waals surface area contributed by atoms with Crippen LogP contribution >= 0.6 is 0 Å². The molecule has 0 bridgehead atoms. The Kier molecular flexibility index (Phi) is 5.38. The highest BCUT2D eigenvalue weighted by atomic mass is 16.1. The standard InChI is InChI=1S/C30H25N5O/c1-20-6-9-25(30(36)33-26-5-3-4-24(16-26)22-11-12-22)15-23(20)10-7-21-8-13-29-28(14-21)31-19-35(29)27-17-32-34(2)18-27/h3-6,8-9,13-19,22H,11-12H2,1-2H3,(H,33,36). The summed E-state index contributed by atoms with van der Waals surface area (Å²) in [6.07, 6.45) is 8.02. The molecule has 1 aliphatic carbocycles. The first-order valence-electron chi connectivity index (χ1n) is 12.0. The number of aromatic nitrogens is 4. The highest BCUT2D eigenvalue weighted by molar-refractivity contribution is 6.04. The summed E-state index contributed by atoms with van der Waals surface area (Å²) in [5, 5.41) is 7.28. The fraction of sp³-hybridized carbons (Fsp3) is 0.167. The Morgan fingerprint density at radius 2 is 1.94 bits per heavy atom. The first-order valence-corrected chi connectivity index (χ1v) is 12.0. The van der Waals surface area contributed by atoms with Crippen molar-refractivity contribution in [2.75, 3.05) is 5.32 Å². The lowest BCUT2D eigenvalue weighted by atomic mass is 10.0. The minimum atomic E-state index is -0.131. The van der Waals surface area contributed by atoms with E-state index in [1.807, 2.05) is 79.5 Å². The molecule has 176 valence electrons. The van der Waals surface area contributed by atoms with E-state index in [1.165, 1.54) is 18.4 Å². The monoisotopic (exact) mass is 471 g/mol. The van der Waals surface area contributed by atoms with Crippen LogP contribution in [0, 0.1) is 18.8 Å². The lowest BCUT2D eigenvalue weighted by molar-refractivity contribution is 0.102. The molecule has 6 nitrogen and oxygen atoms in total. The van der Waals surface area contributed by atoms with E-state index in [9.17, 15) is 4.79 Å². The van der Waals surface area contributed by atoms with Crippen LogP contribution in [0.5, 0.6) is 0 Å². The molecule has 1 N–H and O–H groups in total. The summed E-state index contributed by atoms with van der Waals surface area (Å²) in [6.45, 7) is 2.00. The minimum Gasteiger partial charge on any atom is -0.322 e. The number of hydrogen-bond acceptors (Lipinski definition) is 3. The van der Waals surface area contributed by atoms with Gasteiger partial charge in [0, 0.05) is 35.6 Å². The fourth-order valence-corrected chi connectivity index (χ4v) is 4.36. The number of carbonyl (C=O) groups is 1. The molecule has 36 heavy (non-hydrogen) atoms. The van der Waals surface area contributed by atoms with Gasteiger partial charge in [-0.2, -0.15) is 5.10 Å². The Balaban J connectivity index is 1.23. The van der Waals surface area contributed by atoms with Crippen LogP contribution in [-0.4, -0.2) is 25.2 Å². The molecule has 1 aliphatic rings. The van der Waals surface area contributed by atoms with Crippen molar-refractivity contribution in [3.05, 3.63) is 107 Å². The number of benzene rings is 3. The van der Waals surface area contributed by atoms with Crippen LogP contribution in [0.1, 0.15) is 51.4 Å². The Hall–Kier alpha value is -4.63. The molecule has 1 fully saturated rings. The van der Waals surface area contributed by atoms with Gasteiger partial charge in [-0.3, -0.25) is 14.0 Å². The molecule has 2 heterocycles. The number of fused-ring (bicyclic) bond motifs is 1. The second-order valence-corrected chi connectivity index (χ2v) is 9.32. The van der Waals surface area contributed by atoms with E-state index < -0.39 is 0 Å². The maximum atomic E-state index is 12.9. The van der Waals surface area contributed by atoms with E-state index in [1.54, 1.807) is 11.0 Å². The van der Waals surface area contributed by atoms with Gasteiger partial charge >= 0.3 is 0 Å². The average Bonchev–Trinajstić information content (AvgIpc) is 3.52. The zero-order valence-corrected chi connectivity index (χ0v) is 20.2. The van der Waals surface area contributed by atoms with Crippen molar-refractivity contribution in [2.45, 2.75) is 25.7 Å². The first-order chi connectivity index (χ1) is 17.5. The van der Waals surface area contributed by atoms with Crippen LogP contribution < -0.4 is 5.32 Å². The van der Waals surface area contributed by atoms with Gasteiger partial charge in [-0.25, -0.2) is 4.98 Å². The second-order valence-electron chi connectivity index (χ2n) is 9.32. The first kappa shape index (κ1) is 21.9. The topological polar surface area (TPSA) is 64.7 Å². The largest absolute Gasteiger partial charge is 0.322 e. The van der Waals surface area contributed by atoms with Gasteiger partial charge in [0.15, 0.2) is 0 Å². The third-order valence-corrected chi connectivity index (χ3v) is 6.55. The molecular formula is C30H25N5O. The maximum Gasteiger partial charge on any atom is 0.255 e.